The third kappa shape index (κ3) is 18.7. The first-order chi connectivity index (χ1) is 12.2. The molecule has 0 aromatic heterocycles. The van der Waals surface area contributed by atoms with Crippen molar-refractivity contribution in [2.45, 2.75) is 97.3 Å². The molecule has 0 aliphatic carbocycles. The molecule has 0 heterocycles. The molecule has 25 heavy (non-hydrogen) atoms. The molecule has 0 N–H and O–H groups in total. The number of rotatable bonds is 15. The number of esters is 2. The maximum absolute atomic E-state index is 11.5. The molecule has 4 heteroatoms. The predicted octanol–water partition coefficient (Wildman–Crippen LogP) is 5.19. The van der Waals surface area contributed by atoms with Crippen molar-refractivity contribution >= 4 is 11.9 Å². The molecule has 0 saturated carbocycles. The van der Waals surface area contributed by atoms with Crippen molar-refractivity contribution in [1.29, 1.82) is 0 Å². The van der Waals surface area contributed by atoms with Gasteiger partial charge in [0.1, 0.15) is 0 Å². The maximum Gasteiger partial charge on any atom is 0.306 e. The van der Waals surface area contributed by atoms with Crippen molar-refractivity contribution in [1.82, 2.24) is 0 Å². The lowest BCUT2D eigenvalue weighted by atomic mass is 10.1. The first-order valence-corrected chi connectivity index (χ1v) is 9.97. The van der Waals surface area contributed by atoms with Crippen molar-refractivity contribution in [3.8, 4) is 11.8 Å². The molecule has 0 atom stereocenters. The highest BCUT2D eigenvalue weighted by molar-refractivity contribution is 5.70. The summed E-state index contributed by atoms with van der Waals surface area (Å²) in [5, 5.41) is 0. The lowest BCUT2D eigenvalue weighted by Gasteiger charge is -2.02. The van der Waals surface area contributed by atoms with Crippen LogP contribution in [-0.2, 0) is 19.1 Å². The molecule has 0 spiro atoms. The van der Waals surface area contributed by atoms with E-state index in [0.29, 0.717) is 32.3 Å². The van der Waals surface area contributed by atoms with E-state index in [1.54, 1.807) is 6.92 Å². The van der Waals surface area contributed by atoms with Crippen molar-refractivity contribution in [2.24, 2.45) is 0 Å². The molecule has 4 nitrogen and oxygen atoms in total. The first kappa shape index (κ1) is 23.5. The number of carbonyl (C=O) groups excluding carboxylic acids is 2. The molecule has 0 fully saturated rings. The zero-order valence-corrected chi connectivity index (χ0v) is 16.2. The third-order valence-electron chi connectivity index (χ3n) is 3.90. The Hall–Kier alpha value is -1.50. The minimum absolute atomic E-state index is 0.174. The van der Waals surface area contributed by atoms with E-state index < -0.39 is 0 Å². The zero-order valence-electron chi connectivity index (χ0n) is 16.2. The van der Waals surface area contributed by atoms with E-state index in [-0.39, 0.29) is 18.5 Å². The standard InChI is InChI=1S/C21H36O4/c1-3-5-6-7-8-9-10-11-12-13-16-19-25-21(23)18-15-14-17-20(22)24-4-2/h3-12,14-15,17-19H2,1-2H3. The van der Waals surface area contributed by atoms with Gasteiger partial charge < -0.3 is 9.47 Å². The molecule has 0 aliphatic heterocycles. The Morgan fingerprint density at radius 2 is 1.24 bits per heavy atom. The molecule has 144 valence electrons. The van der Waals surface area contributed by atoms with Gasteiger partial charge in [-0.3, -0.25) is 9.59 Å². The second kappa shape index (κ2) is 18.8. The average Bonchev–Trinajstić information content (AvgIpc) is 2.60. The highest BCUT2D eigenvalue weighted by atomic mass is 16.5. The Morgan fingerprint density at radius 1 is 0.680 bits per heavy atom. The van der Waals surface area contributed by atoms with Gasteiger partial charge in [0.15, 0.2) is 6.61 Å². The van der Waals surface area contributed by atoms with Crippen LogP contribution in [0.3, 0.4) is 0 Å². The molecular formula is C21H36O4. The summed E-state index contributed by atoms with van der Waals surface area (Å²) in [5.41, 5.74) is 0. The molecule has 0 aliphatic rings. The minimum atomic E-state index is -0.245. The van der Waals surface area contributed by atoms with Gasteiger partial charge in [-0.2, -0.15) is 0 Å². The van der Waals surface area contributed by atoms with Crippen LogP contribution in [0.1, 0.15) is 97.3 Å². The van der Waals surface area contributed by atoms with Crippen LogP contribution in [0, 0.1) is 11.8 Å². The Bertz CT molecular complexity index is 392. The highest BCUT2D eigenvalue weighted by Crippen LogP contribution is 2.09. The number of carbonyl (C=O) groups is 2. The smallest absolute Gasteiger partial charge is 0.306 e. The van der Waals surface area contributed by atoms with E-state index in [1.807, 2.05) is 0 Å². The maximum atomic E-state index is 11.5. The Labute approximate surface area is 154 Å². The molecule has 0 rings (SSSR count). The van der Waals surface area contributed by atoms with Gasteiger partial charge in [0.2, 0.25) is 0 Å². The Balaban J connectivity index is 3.36. The Morgan fingerprint density at radius 3 is 1.84 bits per heavy atom. The number of hydrogen-bond donors (Lipinski definition) is 0. The summed E-state index contributed by atoms with van der Waals surface area (Å²) in [6.07, 6.45) is 13.2. The summed E-state index contributed by atoms with van der Waals surface area (Å²) in [6.45, 7) is 4.60. The van der Waals surface area contributed by atoms with Crippen LogP contribution in [0.4, 0.5) is 0 Å². The molecule has 0 aromatic carbocycles. The third-order valence-corrected chi connectivity index (χ3v) is 3.90. The molecule has 0 unspecified atom stereocenters. The molecule has 0 saturated heterocycles. The van der Waals surface area contributed by atoms with Crippen LogP contribution in [0.25, 0.3) is 0 Å². The van der Waals surface area contributed by atoms with Gasteiger partial charge in [-0.05, 0) is 26.2 Å². The molecule has 0 aromatic rings. The number of unbranched alkanes of at least 4 members (excludes halogenated alkanes) is 9. The average molecular weight is 353 g/mol. The fraction of sp³-hybridized carbons (Fsp3) is 0.810. The van der Waals surface area contributed by atoms with Crippen LogP contribution in [-0.4, -0.2) is 25.2 Å². The SMILES string of the molecule is CCCCCCCCCCC#CCOC(=O)CCCCC(=O)OCC. The number of hydrogen-bond acceptors (Lipinski definition) is 4. The topological polar surface area (TPSA) is 52.6 Å². The second-order valence-corrected chi connectivity index (χ2v) is 6.25. The molecule has 0 bridgehead atoms. The summed E-state index contributed by atoms with van der Waals surface area (Å²) < 4.78 is 9.87. The second-order valence-electron chi connectivity index (χ2n) is 6.25. The van der Waals surface area contributed by atoms with Crippen LogP contribution < -0.4 is 0 Å². The Kier molecular flexibility index (Phi) is 17.7. The van der Waals surface area contributed by atoms with Crippen molar-refractivity contribution in [3.05, 3.63) is 0 Å². The van der Waals surface area contributed by atoms with Gasteiger partial charge in [-0.1, -0.05) is 63.7 Å². The van der Waals surface area contributed by atoms with Gasteiger partial charge >= 0.3 is 11.9 Å². The van der Waals surface area contributed by atoms with E-state index in [1.165, 1.54) is 44.9 Å². The van der Waals surface area contributed by atoms with Gasteiger partial charge in [-0.15, -0.1) is 0 Å². The molecule has 0 radical (unpaired) electrons. The minimum Gasteiger partial charge on any atom is -0.466 e. The quantitative estimate of drug-likeness (QED) is 0.231. The molecular weight excluding hydrogens is 316 g/mol. The van der Waals surface area contributed by atoms with Gasteiger partial charge in [0, 0.05) is 19.3 Å². The van der Waals surface area contributed by atoms with Crippen LogP contribution in [0.5, 0.6) is 0 Å². The van der Waals surface area contributed by atoms with Gasteiger partial charge in [0.25, 0.3) is 0 Å². The van der Waals surface area contributed by atoms with Crippen LogP contribution in [0.2, 0.25) is 0 Å². The summed E-state index contributed by atoms with van der Waals surface area (Å²) >= 11 is 0. The predicted molar refractivity (Wildman–Crippen MR) is 101 cm³/mol. The monoisotopic (exact) mass is 352 g/mol. The fourth-order valence-electron chi connectivity index (χ4n) is 2.45. The van der Waals surface area contributed by atoms with Crippen molar-refractivity contribution in [3.63, 3.8) is 0 Å². The first-order valence-electron chi connectivity index (χ1n) is 9.97. The van der Waals surface area contributed by atoms with E-state index >= 15 is 0 Å². The highest BCUT2D eigenvalue weighted by Gasteiger charge is 2.04. The normalized spacial score (nSPS) is 10.0. The largest absolute Gasteiger partial charge is 0.466 e. The van der Waals surface area contributed by atoms with Crippen molar-refractivity contribution in [2.75, 3.05) is 13.2 Å². The van der Waals surface area contributed by atoms with E-state index in [0.717, 1.165) is 12.8 Å². The van der Waals surface area contributed by atoms with Gasteiger partial charge in [0.05, 0.1) is 6.61 Å². The van der Waals surface area contributed by atoms with E-state index in [2.05, 4.69) is 18.8 Å². The lowest BCUT2D eigenvalue weighted by molar-refractivity contribution is -0.145. The van der Waals surface area contributed by atoms with E-state index in [9.17, 15) is 9.59 Å². The van der Waals surface area contributed by atoms with E-state index in [4.69, 9.17) is 9.47 Å². The van der Waals surface area contributed by atoms with Crippen LogP contribution >= 0.6 is 0 Å². The van der Waals surface area contributed by atoms with Crippen LogP contribution in [0.15, 0.2) is 0 Å². The summed E-state index contributed by atoms with van der Waals surface area (Å²) in [5.74, 6) is 5.50. The summed E-state index contributed by atoms with van der Waals surface area (Å²) in [6, 6.07) is 0. The summed E-state index contributed by atoms with van der Waals surface area (Å²) in [4.78, 5) is 22.6. The van der Waals surface area contributed by atoms with Gasteiger partial charge in [-0.25, -0.2) is 0 Å². The molecule has 0 amide bonds. The fourth-order valence-corrected chi connectivity index (χ4v) is 2.45. The van der Waals surface area contributed by atoms with Crippen molar-refractivity contribution < 1.29 is 19.1 Å². The number of ether oxygens (including phenoxy) is 2. The lowest BCUT2D eigenvalue weighted by Crippen LogP contribution is -2.06. The zero-order chi connectivity index (χ0) is 18.6. The summed E-state index contributed by atoms with van der Waals surface area (Å²) in [7, 11) is 0.